The Balaban J connectivity index is 1.71. The number of nitrogens with one attached hydrogen (secondary N) is 2. The van der Waals surface area contributed by atoms with Gasteiger partial charge >= 0.3 is 5.97 Å². The largest absolute Gasteiger partial charge is 0.468 e. The lowest BCUT2D eigenvalue weighted by Crippen LogP contribution is -2.44. The number of quaternary nitrogens is 1. The number of rotatable bonds is 9. The van der Waals surface area contributed by atoms with Crippen molar-refractivity contribution in [2.75, 3.05) is 33.6 Å². The zero-order valence-corrected chi connectivity index (χ0v) is 23.1. The molecule has 8 nitrogen and oxygen atoms in total. The molecule has 0 saturated heterocycles. The molecule has 1 amide bonds. The summed E-state index contributed by atoms with van der Waals surface area (Å²) >= 11 is 0. The van der Waals surface area contributed by atoms with Gasteiger partial charge in [-0.05, 0) is 53.4 Å². The van der Waals surface area contributed by atoms with E-state index in [1.54, 1.807) is 62.4 Å². The van der Waals surface area contributed by atoms with Crippen molar-refractivity contribution >= 4 is 33.3 Å². The zero-order valence-electron chi connectivity index (χ0n) is 22.3. The second-order valence-corrected chi connectivity index (χ2v) is 11.8. The molecule has 38 heavy (non-hydrogen) atoms. The fourth-order valence-corrected chi connectivity index (χ4v) is 5.12. The SMILES string of the molecule is COC(=O)[C@@H](NS(=O)(=O)c1ccc(-c2ccc(NC(=O)c3ccc([N+](C)(C)C)c(F)c3)cc2)cc1)C(C)C. The molecule has 0 spiro atoms. The number of amides is 1. The summed E-state index contributed by atoms with van der Waals surface area (Å²) in [6.07, 6.45) is 0. The summed E-state index contributed by atoms with van der Waals surface area (Å²) in [5.41, 5.74) is 2.77. The van der Waals surface area contributed by atoms with E-state index in [1.807, 2.05) is 21.1 Å². The fraction of sp³-hybridized carbons (Fsp3) is 0.286. The quantitative estimate of drug-likeness (QED) is 0.308. The third kappa shape index (κ3) is 6.83. The Morgan fingerprint density at radius 3 is 1.92 bits per heavy atom. The standard InChI is InChI=1S/C28H32FN3O5S/c1-18(2)26(28(34)37-6)31-38(35,36)23-14-9-20(10-15-23)19-7-12-22(13-8-19)30-27(33)21-11-16-25(24(29)17-21)32(3,4)5/h7-18,26,31H,1-6H3/p+1/t26-/m0/s1. The third-order valence-electron chi connectivity index (χ3n) is 5.98. The van der Waals surface area contributed by atoms with Crippen molar-refractivity contribution in [1.29, 1.82) is 0 Å². The third-order valence-corrected chi connectivity index (χ3v) is 7.43. The molecular formula is C28H33FN3O5S+. The second-order valence-electron chi connectivity index (χ2n) is 10.1. The molecule has 3 aromatic rings. The van der Waals surface area contributed by atoms with Gasteiger partial charge in [-0.3, -0.25) is 14.1 Å². The number of ether oxygens (including phenoxy) is 1. The van der Waals surface area contributed by atoms with Crippen LogP contribution in [0.5, 0.6) is 0 Å². The lowest BCUT2D eigenvalue weighted by Gasteiger charge is -2.23. The highest BCUT2D eigenvalue weighted by Crippen LogP contribution is 2.25. The van der Waals surface area contributed by atoms with Gasteiger partial charge in [-0.2, -0.15) is 4.72 Å². The molecule has 2 N–H and O–H groups in total. The normalized spacial score (nSPS) is 12.7. The van der Waals surface area contributed by atoms with E-state index in [2.05, 4.69) is 10.0 Å². The number of hydrogen-bond acceptors (Lipinski definition) is 5. The van der Waals surface area contributed by atoms with Crippen molar-refractivity contribution in [2.24, 2.45) is 5.92 Å². The average molecular weight is 543 g/mol. The minimum Gasteiger partial charge on any atom is -0.468 e. The summed E-state index contributed by atoms with van der Waals surface area (Å²) < 4.78 is 47.5. The van der Waals surface area contributed by atoms with Crippen molar-refractivity contribution in [2.45, 2.75) is 24.8 Å². The van der Waals surface area contributed by atoms with Crippen LogP contribution in [0.1, 0.15) is 24.2 Å². The van der Waals surface area contributed by atoms with Gasteiger partial charge in [-0.25, -0.2) is 12.8 Å². The Morgan fingerprint density at radius 1 is 0.895 bits per heavy atom. The number of benzene rings is 3. The van der Waals surface area contributed by atoms with Crippen LogP contribution >= 0.6 is 0 Å². The summed E-state index contributed by atoms with van der Waals surface area (Å²) in [5, 5.41) is 2.76. The highest BCUT2D eigenvalue weighted by molar-refractivity contribution is 7.89. The minimum absolute atomic E-state index is 0.0168. The van der Waals surface area contributed by atoms with Crippen molar-refractivity contribution < 1.29 is 27.1 Å². The Hall–Kier alpha value is -3.60. The number of anilines is 1. The molecule has 1 atom stereocenters. The monoisotopic (exact) mass is 542 g/mol. The predicted octanol–water partition coefficient (Wildman–Crippen LogP) is 4.42. The maximum Gasteiger partial charge on any atom is 0.324 e. The molecule has 0 aromatic heterocycles. The van der Waals surface area contributed by atoms with E-state index in [9.17, 15) is 22.4 Å². The Bertz CT molecular complexity index is 1410. The molecule has 3 aromatic carbocycles. The number of nitrogens with zero attached hydrogens (tertiary/aromatic N) is 1. The van der Waals surface area contributed by atoms with Crippen LogP contribution in [0.15, 0.2) is 71.6 Å². The van der Waals surface area contributed by atoms with E-state index >= 15 is 0 Å². The van der Waals surface area contributed by atoms with Gasteiger partial charge in [0.25, 0.3) is 5.91 Å². The number of halogens is 1. The lowest BCUT2D eigenvalue weighted by atomic mass is 10.1. The maximum atomic E-state index is 14.5. The smallest absolute Gasteiger partial charge is 0.324 e. The summed E-state index contributed by atoms with van der Waals surface area (Å²) in [4.78, 5) is 24.6. The number of carbonyl (C=O) groups excluding carboxylic acids is 2. The first kappa shape index (κ1) is 29.0. The number of esters is 1. The van der Waals surface area contributed by atoms with Gasteiger partial charge in [0.1, 0.15) is 6.04 Å². The van der Waals surface area contributed by atoms with Gasteiger partial charge in [0.15, 0.2) is 11.5 Å². The molecule has 0 unspecified atom stereocenters. The van der Waals surface area contributed by atoms with E-state index in [-0.39, 0.29) is 16.4 Å². The molecule has 0 aliphatic heterocycles. The molecule has 0 bridgehead atoms. The molecule has 0 saturated carbocycles. The predicted molar refractivity (Wildman–Crippen MR) is 147 cm³/mol. The van der Waals surface area contributed by atoms with E-state index in [0.717, 1.165) is 11.1 Å². The average Bonchev–Trinajstić information content (AvgIpc) is 2.86. The summed E-state index contributed by atoms with van der Waals surface area (Å²) in [7, 11) is 2.79. The number of methoxy groups -OCH3 is 1. The topological polar surface area (TPSA) is 102 Å². The molecule has 0 fully saturated rings. The van der Waals surface area contributed by atoms with Crippen molar-refractivity contribution in [3.05, 3.63) is 78.1 Å². The molecular weight excluding hydrogens is 509 g/mol. The van der Waals surface area contributed by atoms with Crippen LogP contribution in [-0.2, 0) is 19.6 Å². The second kappa shape index (κ2) is 11.4. The molecule has 202 valence electrons. The van der Waals surface area contributed by atoms with Crippen LogP contribution in [0, 0.1) is 11.7 Å². The lowest BCUT2D eigenvalue weighted by molar-refractivity contribution is -0.143. The first-order valence-electron chi connectivity index (χ1n) is 12.0. The highest BCUT2D eigenvalue weighted by Gasteiger charge is 2.29. The number of sulfonamides is 1. The molecule has 0 heterocycles. The van der Waals surface area contributed by atoms with E-state index < -0.39 is 33.8 Å². The molecule has 3 rings (SSSR count). The van der Waals surface area contributed by atoms with Crippen LogP contribution in [0.4, 0.5) is 15.8 Å². The summed E-state index contributed by atoms with van der Waals surface area (Å²) in [6, 6.07) is 16.6. The molecule has 0 aliphatic rings. The van der Waals surface area contributed by atoms with Gasteiger partial charge in [-0.15, -0.1) is 0 Å². The number of hydrogen-bond donors (Lipinski definition) is 2. The van der Waals surface area contributed by atoms with Crippen LogP contribution in [0.2, 0.25) is 0 Å². The highest BCUT2D eigenvalue weighted by atomic mass is 32.2. The van der Waals surface area contributed by atoms with Gasteiger partial charge in [0.2, 0.25) is 10.0 Å². The Labute approximate surface area is 223 Å². The minimum atomic E-state index is -3.95. The Morgan fingerprint density at radius 2 is 1.45 bits per heavy atom. The van der Waals surface area contributed by atoms with Crippen molar-refractivity contribution in [1.82, 2.24) is 9.21 Å². The van der Waals surface area contributed by atoms with Gasteiger partial charge in [-0.1, -0.05) is 38.1 Å². The van der Waals surface area contributed by atoms with Gasteiger partial charge in [0, 0.05) is 17.3 Å². The molecule has 0 aliphatic carbocycles. The molecule has 10 heteroatoms. The molecule has 0 radical (unpaired) electrons. The van der Waals surface area contributed by atoms with Crippen LogP contribution in [0.25, 0.3) is 11.1 Å². The van der Waals surface area contributed by atoms with Crippen molar-refractivity contribution in [3.63, 3.8) is 0 Å². The summed E-state index contributed by atoms with van der Waals surface area (Å²) in [6.45, 7) is 3.44. The first-order chi connectivity index (χ1) is 17.7. The van der Waals surface area contributed by atoms with Crippen LogP contribution < -0.4 is 14.5 Å². The zero-order chi connectivity index (χ0) is 28.3. The van der Waals surface area contributed by atoms with Crippen LogP contribution in [-0.4, -0.2) is 54.6 Å². The van der Waals surface area contributed by atoms with E-state index in [1.165, 1.54) is 25.3 Å². The first-order valence-corrected chi connectivity index (χ1v) is 13.4. The van der Waals surface area contributed by atoms with E-state index in [0.29, 0.717) is 15.9 Å². The Kier molecular flexibility index (Phi) is 8.71. The van der Waals surface area contributed by atoms with Crippen LogP contribution in [0.3, 0.4) is 0 Å². The van der Waals surface area contributed by atoms with Crippen molar-refractivity contribution in [3.8, 4) is 11.1 Å². The fourth-order valence-electron chi connectivity index (χ4n) is 3.79. The van der Waals surface area contributed by atoms with Gasteiger partial charge in [0.05, 0.1) is 33.1 Å². The van der Waals surface area contributed by atoms with Gasteiger partial charge < -0.3 is 10.1 Å². The maximum absolute atomic E-state index is 14.5. The summed E-state index contributed by atoms with van der Waals surface area (Å²) in [5.74, 6) is -1.83. The van der Waals surface area contributed by atoms with E-state index in [4.69, 9.17) is 4.74 Å². The number of carbonyl (C=O) groups is 2.